The van der Waals surface area contributed by atoms with Gasteiger partial charge in [-0.3, -0.25) is 37.3 Å². The first kappa shape index (κ1) is 95.1. The number of phosphoric ester groups is 2. The Morgan fingerprint density at radius 3 is 0.639 bits per heavy atom. The van der Waals surface area contributed by atoms with Crippen molar-refractivity contribution in [2.75, 3.05) is 39.6 Å². The van der Waals surface area contributed by atoms with E-state index in [4.69, 9.17) is 37.0 Å². The smallest absolute Gasteiger partial charge is 0.462 e. The van der Waals surface area contributed by atoms with Crippen LogP contribution < -0.4 is 0 Å². The molecule has 0 aromatic heterocycles. The Kier molecular flexibility index (Phi) is 65.9. The molecule has 0 saturated carbocycles. The Morgan fingerprint density at radius 2 is 0.433 bits per heavy atom. The predicted molar refractivity (Wildman–Crippen MR) is 395 cm³/mol. The van der Waals surface area contributed by atoms with Crippen LogP contribution in [0.15, 0.2) is 0 Å². The predicted octanol–water partition coefficient (Wildman–Crippen LogP) is 22.8. The van der Waals surface area contributed by atoms with Crippen molar-refractivity contribution < 1.29 is 80.2 Å². The molecule has 0 bridgehead atoms. The molecule has 0 saturated heterocycles. The van der Waals surface area contributed by atoms with E-state index in [-0.39, 0.29) is 25.7 Å². The molecule has 0 heterocycles. The summed E-state index contributed by atoms with van der Waals surface area (Å²) in [6, 6.07) is 0. The van der Waals surface area contributed by atoms with Crippen molar-refractivity contribution in [3.63, 3.8) is 0 Å². The van der Waals surface area contributed by atoms with Crippen LogP contribution >= 0.6 is 15.6 Å². The molecule has 576 valence electrons. The first-order valence-electron chi connectivity index (χ1n) is 40.2. The Balaban J connectivity index is 5.17. The van der Waals surface area contributed by atoms with Crippen molar-refractivity contribution in [2.45, 2.75) is 414 Å². The highest BCUT2D eigenvalue weighted by Gasteiger charge is 2.30. The van der Waals surface area contributed by atoms with Crippen LogP contribution in [0.2, 0.25) is 0 Å². The number of hydrogen-bond donors (Lipinski definition) is 3. The number of unbranched alkanes of at least 4 members (excludes halogenated alkanes) is 41. The van der Waals surface area contributed by atoms with Gasteiger partial charge in [0.05, 0.1) is 26.4 Å². The SMILES string of the molecule is CC(C)CCCCCCCCCCCCCCCCCCCCC(=O)O[C@H](COC(=O)CCCCCCCCC(C)C)COP(=O)(O)OCC(O)COP(=O)(O)OC[C@@H](COC(=O)CCCCCCCCCCCCCCC(C)C)OC(=O)CCCCCCCCCCCC(C)C. The van der Waals surface area contributed by atoms with Crippen LogP contribution in [0.5, 0.6) is 0 Å². The summed E-state index contributed by atoms with van der Waals surface area (Å²) in [5.74, 6) is 0.897. The Bertz CT molecular complexity index is 1900. The van der Waals surface area contributed by atoms with Gasteiger partial charge in [0.1, 0.15) is 19.3 Å². The Labute approximate surface area is 594 Å². The quantitative estimate of drug-likeness (QED) is 0.0222. The number of aliphatic hydroxyl groups excluding tert-OH is 1. The highest BCUT2D eigenvalue weighted by molar-refractivity contribution is 7.47. The summed E-state index contributed by atoms with van der Waals surface area (Å²) in [5, 5.41) is 10.6. The standard InChI is InChI=1S/C78H152O17P2/c1-68(2)54-46-38-30-24-19-15-13-11-9-10-12-14-16-22-28-34-44-52-60-77(82)95-74(65-89-76(81)59-51-43-37-36-41-49-57-71(7)8)67-93-97(86,87)91-63-72(79)62-90-96(84,85)92-66-73(94-78(83)61-53-45-35-29-23-26-32-40-48-56-70(5)6)64-88-75(80)58-50-42-33-27-21-18-17-20-25-31-39-47-55-69(3)4/h68-74,79H,9-67H2,1-8H3,(H,84,85)(H,86,87)/t72?,73-,74-/m1/s1. The second-order valence-electron chi connectivity index (χ2n) is 30.0. The molecule has 3 N–H and O–H groups in total. The molecule has 0 aliphatic carbocycles. The molecule has 5 atom stereocenters. The third kappa shape index (κ3) is 72.2. The summed E-state index contributed by atoms with van der Waals surface area (Å²) in [7, 11) is -9.91. The minimum absolute atomic E-state index is 0.105. The lowest BCUT2D eigenvalue weighted by Crippen LogP contribution is -2.30. The summed E-state index contributed by atoms with van der Waals surface area (Å²) in [5.41, 5.74) is 0. The van der Waals surface area contributed by atoms with Crippen molar-refractivity contribution in [1.82, 2.24) is 0 Å². The van der Waals surface area contributed by atoms with Gasteiger partial charge in [0.25, 0.3) is 0 Å². The van der Waals surface area contributed by atoms with Crippen LogP contribution in [0.3, 0.4) is 0 Å². The third-order valence-corrected chi connectivity index (χ3v) is 20.0. The van der Waals surface area contributed by atoms with Gasteiger partial charge in [0.15, 0.2) is 12.2 Å². The molecule has 17 nitrogen and oxygen atoms in total. The minimum atomic E-state index is -4.96. The summed E-state index contributed by atoms with van der Waals surface area (Å²) in [6.45, 7) is 14.2. The van der Waals surface area contributed by atoms with E-state index >= 15 is 0 Å². The number of rotatable bonds is 75. The maximum absolute atomic E-state index is 13.1. The molecule has 0 rings (SSSR count). The minimum Gasteiger partial charge on any atom is -0.462 e. The first-order chi connectivity index (χ1) is 46.6. The average molecular weight is 1420 g/mol. The number of phosphoric acid groups is 2. The van der Waals surface area contributed by atoms with E-state index in [1.54, 1.807) is 0 Å². The fraction of sp³-hybridized carbons (Fsp3) is 0.949. The molecule has 0 radical (unpaired) electrons. The Hall–Kier alpha value is -1.94. The van der Waals surface area contributed by atoms with Crippen molar-refractivity contribution in [3.8, 4) is 0 Å². The molecule has 0 aliphatic rings. The van der Waals surface area contributed by atoms with E-state index in [2.05, 4.69) is 55.4 Å². The second-order valence-corrected chi connectivity index (χ2v) is 32.9. The molecule has 0 fully saturated rings. The molecular formula is C78H152O17P2. The number of hydrogen-bond acceptors (Lipinski definition) is 15. The van der Waals surface area contributed by atoms with Gasteiger partial charge in [-0.15, -0.1) is 0 Å². The molecule has 0 amide bonds. The van der Waals surface area contributed by atoms with Crippen molar-refractivity contribution in [1.29, 1.82) is 0 Å². The topological polar surface area (TPSA) is 237 Å². The zero-order valence-corrected chi connectivity index (χ0v) is 65.5. The molecule has 3 unspecified atom stereocenters. The lowest BCUT2D eigenvalue weighted by Gasteiger charge is -2.21. The first-order valence-corrected chi connectivity index (χ1v) is 43.2. The van der Waals surface area contributed by atoms with Crippen molar-refractivity contribution in [3.05, 3.63) is 0 Å². The molecule has 0 aromatic carbocycles. The van der Waals surface area contributed by atoms with Gasteiger partial charge in [-0.2, -0.15) is 0 Å². The maximum Gasteiger partial charge on any atom is 0.472 e. The summed E-state index contributed by atoms with van der Waals surface area (Å²) < 4.78 is 68.5. The number of aliphatic hydroxyl groups is 1. The summed E-state index contributed by atoms with van der Waals surface area (Å²) in [4.78, 5) is 72.8. The van der Waals surface area contributed by atoms with E-state index in [0.717, 1.165) is 114 Å². The summed E-state index contributed by atoms with van der Waals surface area (Å²) >= 11 is 0. The van der Waals surface area contributed by atoms with Gasteiger partial charge in [-0.1, -0.05) is 344 Å². The fourth-order valence-corrected chi connectivity index (χ4v) is 13.5. The maximum atomic E-state index is 13.1. The van der Waals surface area contributed by atoms with Gasteiger partial charge in [-0.05, 0) is 49.4 Å². The molecular weight excluding hydrogens is 1270 g/mol. The lowest BCUT2D eigenvalue weighted by atomic mass is 10.0. The van der Waals surface area contributed by atoms with E-state index in [0.29, 0.717) is 31.6 Å². The lowest BCUT2D eigenvalue weighted by molar-refractivity contribution is -0.161. The van der Waals surface area contributed by atoms with Crippen LogP contribution in [0.1, 0.15) is 396 Å². The molecule has 0 spiro atoms. The summed E-state index contributed by atoms with van der Waals surface area (Å²) in [6.07, 6.45) is 53.0. The van der Waals surface area contributed by atoms with Crippen LogP contribution in [-0.4, -0.2) is 96.7 Å². The number of carbonyl (C=O) groups excluding carboxylic acids is 4. The highest BCUT2D eigenvalue weighted by atomic mass is 31.2. The van der Waals surface area contributed by atoms with Gasteiger partial charge >= 0.3 is 39.5 Å². The van der Waals surface area contributed by atoms with Crippen molar-refractivity contribution >= 4 is 39.5 Å². The number of carbonyl (C=O) groups is 4. The van der Waals surface area contributed by atoms with Gasteiger partial charge in [0.2, 0.25) is 0 Å². The van der Waals surface area contributed by atoms with Crippen LogP contribution in [0.25, 0.3) is 0 Å². The third-order valence-electron chi connectivity index (χ3n) is 18.1. The largest absolute Gasteiger partial charge is 0.472 e. The van der Waals surface area contributed by atoms with Gasteiger partial charge < -0.3 is 33.8 Å². The van der Waals surface area contributed by atoms with Crippen LogP contribution in [-0.2, 0) is 65.4 Å². The highest BCUT2D eigenvalue weighted by Crippen LogP contribution is 2.45. The molecule has 97 heavy (non-hydrogen) atoms. The van der Waals surface area contributed by atoms with Crippen LogP contribution in [0.4, 0.5) is 0 Å². The number of esters is 4. The van der Waals surface area contributed by atoms with E-state index in [1.165, 1.54) is 193 Å². The van der Waals surface area contributed by atoms with Crippen molar-refractivity contribution in [2.24, 2.45) is 23.7 Å². The van der Waals surface area contributed by atoms with Crippen LogP contribution in [0, 0.1) is 23.7 Å². The monoisotopic (exact) mass is 1420 g/mol. The zero-order valence-electron chi connectivity index (χ0n) is 63.7. The second kappa shape index (κ2) is 67.2. The van der Waals surface area contributed by atoms with Gasteiger partial charge in [0, 0.05) is 25.7 Å². The Morgan fingerprint density at radius 1 is 0.258 bits per heavy atom. The molecule has 19 heteroatoms. The van der Waals surface area contributed by atoms with Gasteiger partial charge in [-0.25, -0.2) is 9.13 Å². The van der Waals surface area contributed by atoms with E-state index in [1.807, 2.05) is 0 Å². The number of ether oxygens (including phenoxy) is 4. The van der Waals surface area contributed by atoms with E-state index < -0.39 is 97.5 Å². The zero-order chi connectivity index (χ0) is 71.7. The fourth-order valence-electron chi connectivity index (χ4n) is 11.9. The molecule has 0 aliphatic heterocycles. The normalized spacial score (nSPS) is 14.1. The molecule has 0 aromatic rings. The average Bonchev–Trinajstić information content (AvgIpc) is 1.39. The van der Waals surface area contributed by atoms with E-state index in [9.17, 15) is 43.2 Å².